The van der Waals surface area contributed by atoms with Crippen molar-refractivity contribution in [3.8, 4) is 0 Å². The van der Waals surface area contributed by atoms with Crippen LogP contribution in [0.15, 0.2) is 12.4 Å². The summed E-state index contributed by atoms with van der Waals surface area (Å²) < 4.78 is 41.0. The number of aryl methyl sites for hydroxylation is 1. The Kier molecular flexibility index (Phi) is 5.22. The topological polar surface area (TPSA) is 39.3 Å². The first-order valence-electron chi connectivity index (χ1n) is 3.84. The third-order valence-corrected chi connectivity index (χ3v) is 1.32. The zero-order valence-corrected chi connectivity index (χ0v) is 7.55. The summed E-state index contributed by atoms with van der Waals surface area (Å²) in [5.74, 6) is 1.05. The Bertz CT molecular complexity index is 257. The summed E-state index contributed by atoms with van der Waals surface area (Å²) in [7, 11) is -4.05. The molecule has 1 heterocycles. The summed E-state index contributed by atoms with van der Waals surface area (Å²) in [5.41, 5.74) is 0. The lowest BCUT2D eigenvalue weighted by Crippen LogP contribution is -2.11. The highest BCUT2D eigenvalue weighted by Gasteiger charge is 2.20. The second-order valence-electron chi connectivity index (χ2n) is 2.49. The van der Waals surface area contributed by atoms with Crippen molar-refractivity contribution in [3.05, 3.63) is 18.2 Å². The Hall–Kier alpha value is -1.05. The number of nitrogens with one attached hydrogen (secondary N) is 1. The molecule has 3 nitrogen and oxygen atoms in total. The maximum absolute atomic E-state index is 9.75. The highest BCUT2D eigenvalue weighted by atomic mass is 19.5. The van der Waals surface area contributed by atoms with E-state index in [9.17, 15) is 17.3 Å². The van der Waals surface area contributed by atoms with E-state index in [2.05, 4.69) is 4.98 Å². The van der Waals surface area contributed by atoms with Crippen LogP contribution in [0.2, 0.25) is 0 Å². The molecular weight excluding hydrogens is 203 g/mol. The molecule has 2 N–H and O–H groups in total. The summed E-state index contributed by atoms with van der Waals surface area (Å²) >= 11 is 0. The minimum Gasteiger partial charge on any atom is -0.418 e. The zero-order valence-electron chi connectivity index (χ0n) is 7.55. The number of aromatic amines is 1. The van der Waals surface area contributed by atoms with Crippen LogP contribution in [0.1, 0.15) is 5.82 Å². The lowest BCUT2D eigenvalue weighted by Gasteiger charge is -1.94. The van der Waals surface area contributed by atoms with Gasteiger partial charge in [-0.15, -0.1) is 0 Å². The normalized spacial score (nSPS) is 10.7. The van der Waals surface area contributed by atoms with E-state index in [1.807, 2.05) is 24.0 Å². The SMILES string of the molecule is Cn1cc[nH+]c1CCO.F[B-](F)(F)F. The molecule has 0 saturated heterocycles. The third kappa shape index (κ3) is 7.60. The third-order valence-electron chi connectivity index (χ3n) is 1.32. The molecule has 0 unspecified atom stereocenters. The summed E-state index contributed by atoms with van der Waals surface area (Å²) in [6, 6.07) is 0. The molecule has 0 saturated carbocycles. The van der Waals surface area contributed by atoms with E-state index in [1.165, 1.54) is 0 Å². The average molecular weight is 214 g/mol. The van der Waals surface area contributed by atoms with E-state index in [1.54, 1.807) is 0 Å². The lowest BCUT2D eigenvalue weighted by atomic mass is 10.3. The van der Waals surface area contributed by atoms with Gasteiger partial charge in [0.2, 0.25) is 0 Å². The summed E-state index contributed by atoms with van der Waals surface area (Å²) in [5, 5.41) is 8.53. The van der Waals surface area contributed by atoms with Crippen LogP contribution in [0.4, 0.5) is 17.3 Å². The number of imidazole rings is 1. The maximum Gasteiger partial charge on any atom is 0.673 e. The van der Waals surface area contributed by atoms with Gasteiger partial charge in [0.1, 0.15) is 12.4 Å². The second-order valence-corrected chi connectivity index (χ2v) is 2.49. The Balaban J connectivity index is 0.000000292. The molecule has 8 heteroatoms. The largest absolute Gasteiger partial charge is 0.673 e. The Morgan fingerprint density at radius 1 is 1.43 bits per heavy atom. The van der Waals surface area contributed by atoms with Crippen LogP contribution in [0.5, 0.6) is 0 Å². The van der Waals surface area contributed by atoms with Crippen molar-refractivity contribution >= 4 is 7.25 Å². The van der Waals surface area contributed by atoms with Gasteiger partial charge in [0.25, 0.3) is 5.82 Å². The molecule has 0 fully saturated rings. The van der Waals surface area contributed by atoms with E-state index in [0.717, 1.165) is 5.82 Å². The monoisotopic (exact) mass is 214 g/mol. The molecule has 0 aliphatic carbocycles. The summed E-state index contributed by atoms with van der Waals surface area (Å²) in [6.45, 7) is 0.203. The molecule has 0 radical (unpaired) electrons. The van der Waals surface area contributed by atoms with Crippen LogP contribution >= 0.6 is 0 Å². The van der Waals surface area contributed by atoms with Crippen molar-refractivity contribution in [2.75, 3.05) is 6.61 Å². The lowest BCUT2D eigenvalue weighted by molar-refractivity contribution is -0.390. The number of hydrogen-bond acceptors (Lipinski definition) is 1. The van der Waals surface area contributed by atoms with Gasteiger partial charge in [-0.1, -0.05) is 0 Å². The minimum absolute atomic E-state index is 0.203. The molecule has 14 heavy (non-hydrogen) atoms. The molecule has 0 aromatic carbocycles. The quantitative estimate of drug-likeness (QED) is 0.570. The number of hydrogen-bond donors (Lipinski definition) is 1. The number of aliphatic hydroxyl groups excluding tert-OH is 1. The van der Waals surface area contributed by atoms with Gasteiger partial charge in [0, 0.05) is 0 Å². The first-order valence-corrected chi connectivity index (χ1v) is 3.84. The number of aliphatic hydroxyl groups is 1. The van der Waals surface area contributed by atoms with Gasteiger partial charge >= 0.3 is 7.25 Å². The summed E-state index contributed by atoms with van der Waals surface area (Å²) in [6.07, 6.45) is 4.47. The van der Waals surface area contributed by atoms with Crippen LogP contribution in [0, 0.1) is 0 Å². The molecule has 0 bridgehead atoms. The summed E-state index contributed by atoms with van der Waals surface area (Å²) in [4.78, 5) is 3.01. The smallest absolute Gasteiger partial charge is 0.418 e. The van der Waals surface area contributed by atoms with Crippen molar-refractivity contribution in [1.82, 2.24) is 4.57 Å². The van der Waals surface area contributed by atoms with E-state index in [4.69, 9.17) is 5.11 Å². The van der Waals surface area contributed by atoms with Crippen molar-refractivity contribution in [1.29, 1.82) is 0 Å². The fraction of sp³-hybridized carbons (Fsp3) is 0.500. The molecule has 1 rings (SSSR count). The number of halogens is 4. The van der Waals surface area contributed by atoms with Gasteiger partial charge in [-0.2, -0.15) is 0 Å². The standard InChI is InChI=1S/C6H10N2O.BF4/c1-8-4-3-7-6(8)2-5-9;2-1(3,4)5/h3-4,9H,2,5H2,1H3;/q;-1/p+1. The Morgan fingerprint density at radius 3 is 2.21 bits per heavy atom. The van der Waals surface area contributed by atoms with Crippen LogP contribution in [-0.4, -0.2) is 23.5 Å². The van der Waals surface area contributed by atoms with Gasteiger partial charge < -0.3 is 22.4 Å². The predicted molar refractivity (Wildman–Crippen MR) is 42.9 cm³/mol. The van der Waals surface area contributed by atoms with Gasteiger partial charge in [-0.25, -0.2) is 9.55 Å². The fourth-order valence-electron chi connectivity index (χ4n) is 0.791. The first kappa shape index (κ1) is 13.0. The molecule has 0 atom stereocenters. The number of H-pyrrole nitrogens is 1. The highest BCUT2D eigenvalue weighted by molar-refractivity contribution is 6.50. The predicted octanol–water partition coefficient (Wildman–Crippen LogP) is 0.674. The van der Waals surface area contributed by atoms with Crippen LogP contribution < -0.4 is 4.98 Å². The molecule has 0 spiro atoms. The van der Waals surface area contributed by atoms with Gasteiger partial charge in [0.15, 0.2) is 0 Å². The molecule has 0 aliphatic rings. The van der Waals surface area contributed by atoms with E-state index in [-0.39, 0.29) is 6.61 Å². The molecule has 82 valence electrons. The van der Waals surface area contributed by atoms with Gasteiger partial charge in [-0.05, 0) is 0 Å². The van der Waals surface area contributed by atoms with Crippen LogP contribution in [0.3, 0.4) is 0 Å². The molecular formula is C6H11BF4N2O. The van der Waals surface area contributed by atoms with E-state index in [0.29, 0.717) is 6.42 Å². The van der Waals surface area contributed by atoms with Crippen LogP contribution in [0.25, 0.3) is 0 Å². The Morgan fingerprint density at radius 2 is 1.93 bits per heavy atom. The van der Waals surface area contributed by atoms with Crippen LogP contribution in [-0.2, 0) is 13.5 Å². The van der Waals surface area contributed by atoms with Gasteiger partial charge in [-0.3, -0.25) is 0 Å². The fourth-order valence-corrected chi connectivity index (χ4v) is 0.791. The van der Waals surface area contributed by atoms with Crippen molar-refractivity contribution in [2.24, 2.45) is 7.05 Å². The van der Waals surface area contributed by atoms with E-state index >= 15 is 0 Å². The number of aromatic nitrogens is 2. The first-order chi connectivity index (χ1) is 6.34. The minimum atomic E-state index is -6.00. The highest BCUT2D eigenvalue weighted by Crippen LogP contribution is 2.06. The molecule has 1 aromatic heterocycles. The maximum atomic E-state index is 9.75. The molecule has 0 amide bonds. The zero-order chi connectivity index (χ0) is 11.2. The van der Waals surface area contributed by atoms with Crippen molar-refractivity contribution < 1.29 is 27.4 Å². The van der Waals surface area contributed by atoms with Crippen molar-refractivity contribution in [3.63, 3.8) is 0 Å². The number of nitrogens with zero attached hydrogens (tertiary/aromatic N) is 1. The molecule has 0 aliphatic heterocycles. The van der Waals surface area contributed by atoms with Crippen molar-refractivity contribution in [2.45, 2.75) is 6.42 Å². The molecule has 1 aromatic rings. The second kappa shape index (κ2) is 5.64. The van der Waals surface area contributed by atoms with Gasteiger partial charge in [0.05, 0.1) is 20.1 Å². The average Bonchev–Trinajstić information content (AvgIpc) is 2.34. The Labute approximate surface area is 78.5 Å². The number of rotatable bonds is 2. The van der Waals surface area contributed by atoms with E-state index < -0.39 is 7.25 Å².